The molecule has 0 aromatic carbocycles. The Morgan fingerprint density at radius 2 is 1.71 bits per heavy atom. The Balaban J connectivity index is 2.19. The van der Waals surface area contributed by atoms with Crippen LogP contribution < -0.4 is 5.73 Å². The fraction of sp³-hybridized carbons (Fsp3) is 0.875. The van der Waals surface area contributed by atoms with Crippen molar-refractivity contribution in [3.05, 3.63) is 0 Å². The van der Waals surface area contributed by atoms with Gasteiger partial charge in [0, 0.05) is 7.05 Å². The van der Waals surface area contributed by atoms with Crippen LogP contribution in [0, 0.1) is 5.41 Å². The van der Waals surface area contributed by atoms with Gasteiger partial charge in [-0.25, -0.2) is 0 Å². The molecule has 2 fully saturated rings. The topological polar surface area (TPSA) is 66.6 Å². The number of aliphatic hydroxyl groups is 1. The molecular weight excluding hydrogens is 284 g/mol. The second kappa shape index (κ2) is 7.05. The van der Waals surface area contributed by atoms with Crippen LogP contribution in [0.5, 0.6) is 0 Å². The number of rotatable bonds is 3. The molecule has 2 atom stereocenters. The molecule has 0 aromatic rings. The summed E-state index contributed by atoms with van der Waals surface area (Å²) in [5.41, 5.74) is 5.31. The molecule has 2 aliphatic carbocycles. The molecule has 3 N–H and O–H groups in total. The highest BCUT2D eigenvalue weighted by molar-refractivity contribution is 7.80. The fourth-order valence-corrected chi connectivity index (χ4v) is 4.22. The zero-order valence-electron chi connectivity index (χ0n) is 13.0. The molecule has 2 saturated carbocycles. The smallest absolute Gasteiger partial charge is 0.235 e. The Morgan fingerprint density at radius 3 is 2.24 bits per heavy atom. The fourth-order valence-electron chi connectivity index (χ4n) is 3.93. The predicted octanol–water partition coefficient (Wildman–Crippen LogP) is 2.38. The number of thiocarbonyl (C=S) groups is 1. The van der Waals surface area contributed by atoms with Crippen LogP contribution in [0.2, 0.25) is 0 Å². The first-order valence-electron chi connectivity index (χ1n) is 8.24. The molecule has 0 spiro atoms. The lowest BCUT2D eigenvalue weighted by Gasteiger charge is -2.41. The molecule has 5 heteroatoms. The number of hydrogen-bond acceptors (Lipinski definition) is 3. The van der Waals surface area contributed by atoms with Crippen LogP contribution >= 0.6 is 12.2 Å². The molecule has 2 unspecified atom stereocenters. The number of amides is 1. The van der Waals surface area contributed by atoms with Gasteiger partial charge in [-0.2, -0.15) is 0 Å². The first kappa shape index (κ1) is 16.7. The monoisotopic (exact) mass is 312 g/mol. The van der Waals surface area contributed by atoms with Gasteiger partial charge in [0.2, 0.25) is 5.91 Å². The average Bonchev–Trinajstić information content (AvgIpc) is 2.73. The van der Waals surface area contributed by atoms with Crippen molar-refractivity contribution in [1.29, 1.82) is 0 Å². The van der Waals surface area contributed by atoms with Gasteiger partial charge in [0.25, 0.3) is 0 Å². The highest BCUT2D eigenvalue weighted by atomic mass is 32.1. The van der Waals surface area contributed by atoms with Crippen molar-refractivity contribution < 1.29 is 9.90 Å². The molecule has 0 aliphatic heterocycles. The summed E-state index contributed by atoms with van der Waals surface area (Å²) in [6.45, 7) is 0. The lowest BCUT2D eigenvalue weighted by atomic mass is 9.78. The van der Waals surface area contributed by atoms with Gasteiger partial charge in [-0.15, -0.1) is 0 Å². The summed E-state index contributed by atoms with van der Waals surface area (Å²) in [6.07, 6.45) is 9.16. The van der Waals surface area contributed by atoms with Crippen LogP contribution in [0.25, 0.3) is 0 Å². The van der Waals surface area contributed by atoms with E-state index in [9.17, 15) is 9.90 Å². The summed E-state index contributed by atoms with van der Waals surface area (Å²) in [5, 5.41) is 10.2. The first-order chi connectivity index (χ1) is 9.99. The van der Waals surface area contributed by atoms with Gasteiger partial charge < -0.3 is 15.7 Å². The molecule has 2 aliphatic rings. The lowest BCUT2D eigenvalue weighted by Crippen LogP contribution is -2.55. The Kier molecular flexibility index (Phi) is 5.60. The third kappa shape index (κ3) is 3.39. The van der Waals surface area contributed by atoms with E-state index in [2.05, 4.69) is 0 Å². The van der Waals surface area contributed by atoms with E-state index in [-0.39, 0.29) is 11.9 Å². The van der Waals surface area contributed by atoms with Gasteiger partial charge >= 0.3 is 0 Å². The van der Waals surface area contributed by atoms with Gasteiger partial charge in [-0.3, -0.25) is 4.79 Å². The largest absolute Gasteiger partial charge is 0.392 e. The molecule has 4 nitrogen and oxygen atoms in total. The summed E-state index contributed by atoms with van der Waals surface area (Å²) >= 11 is 5.28. The number of likely N-dealkylation sites (N-methyl/N-ethyl adjacent to an activating group) is 1. The molecule has 0 saturated heterocycles. The Morgan fingerprint density at radius 1 is 1.14 bits per heavy atom. The SMILES string of the molecule is CN(C(=O)C1(C(N)=S)CCCCCC1)C1CCCCC1O. The van der Waals surface area contributed by atoms with Gasteiger partial charge in [-0.05, 0) is 25.7 Å². The molecule has 0 aromatic heterocycles. The maximum Gasteiger partial charge on any atom is 0.235 e. The van der Waals surface area contributed by atoms with E-state index in [4.69, 9.17) is 18.0 Å². The summed E-state index contributed by atoms with van der Waals surface area (Å²) in [5.74, 6) is 0.0304. The summed E-state index contributed by atoms with van der Waals surface area (Å²) < 4.78 is 0. The molecule has 120 valence electrons. The van der Waals surface area contributed by atoms with Crippen molar-refractivity contribution >= 4 is 23.1 Å². The van der Waals surface area contributed by atoms with Crippen molar-refractivity contribution in [2.45, 2.75) is 76.4 Å². The van der Waals surface area contributed by atoms with Gasteiger partial charge in [0.1, 0.15) is 0 Å². The standard InChI is InChI=1S/C16H28N2O2S/c1-18(12-8-4-5-9-13(12)19)15(20)16(14(17)21)10-6-2-3-7-11-16/h12-13,19H,2-11H2,1H3,(H2,17,21). The average molecular weight is 312 g/mol. The van der Waals surface area contributed by atoms with E-state index in [1.807, 2.05) is 7.05 Å². The third-order valence-electron chi connectivity index (χ3n) is 5.35. The van der Waals surface area contributed by atoms with Crippen molar-refractivity contribution in [2.75, 3.05) is 7.05 Å². The van der Waals surface area contributed by atoms with Crippen LogP contribution in [-0.4, -0.2) is 40.1 Å². The highest BCUT2D eigenvalue weighted by Crippen LogP contribution is 2.38. The minimum Gasteiger partial charge on any atom is -0.392 e. The van der Waals surface area contributed by atoms with Crippen LogP contribution in [0.3, 0.4) is 0 Å². The number of carbonyl (C=O) groups excluding carboxylic acids is 1. The highest BCUT2D eigenvalue weighted by Gasteiger charge is 2.45. The lowest BCUT2D eigenvalue weighted by molar-refractivity contribution is -0.143. The van der Waals surface area contributed by atoms with Crippen LogP contribution in [0.4, 0.5) is 0 Å². The maximum absolute atomic E-state index is 13.1. The van der Waals surface area contributed by atoms with Crippen LogP contribution in [0.1, 0.15) is 64.2 Å². The second-order valence-electron chi connectivity index (χ2n) is 6.70. The summed E-state index contributed by atoms with van der Waals surface area (Å²) in [7, 11) is 1.81. The van der Waals surface area contributed by atoms with E-state index in [0.29, 0.717) is 4.99 Å². The number of carbonyl (C=O) groups is 1. The van der Waals surface area contributed by atoms with Crippen LogP contribution in [-0.2, 0) is 4.79 Å². The number of hydrogen-bond donors (Lipinski definition) is 2. The van der Waals surface area contributed by atoms with E-state index < -0.39 is 11.5 Å². The summed E-state index contributed by atoms with van der Waals surface area (Å²) in [6, 6.07) is -0.0827. The van der Waals surface area contributed by atoms with Crippen LogP contribution in [0.15, 0.2) is 0 Å². The number of nitrogens with zero attached hydrogens (tertiary/aromatic N) is 1. The maximum atomic E-state index is 13.1. The molecule has 21 heavy (non-hydrogen) atoms. The van der Waals surface area contributed by atoms with Crippen molar-refractivity contribution in [3.8, 4) is 0 Å². The Hall–Kier alpha value is -0.680. The van der Waals surface area contributed by atoms with E-state index in [0.717, 1.165) is 64.2 Å². The second-order valence-corrected chi connectivity index (χ2v) is 7.14. The molecular formula is C16H28N2O2S. The molecule has 0 heterocycles. The van der Waals surface area contributed by atoms with Crippen molar-refractivity contribution in [3.63, 3.8) is 0 Å². The zero-order chi connectivity index (χ0) is 15.5. The quantitative estimate of drug-likeness (QED) is 0.620. The minimum atomic E-state index is -0.683. The molecule has 2 rings (SSSR count). The van der Waals surface area contributed by atoms with Crippen molar-refractivity contribution in [1.82, 2.24) is 4.90 Å². The van der Waals surface area contributed by atoms with E-state index >= 15 is 0 Å². The Bertz CT molecular complexity index is 392. The minimum absolute atomic E-state index is 0.0304. The van der Waals surface area contributed by atoms with Gasteiger partial charge in [-0.1, -0.05) is 50.7 Å². The molecule has 1 amide bonds. The normalized spacial score (nSPS) is 29.4. The number of aliphatic hydroxyl groups excluding tert-OH is 1. The predicted molar refractivity (Wildman–Crippen MR) is 88.0 cm³/mol. The zero-order valence-corrected chi connectivity index (χ0v) is 13.8. The van der Waals surface area contributed by atoms with Gasteiger partial charge in [0.15, 0.2) is 0 Å². The number of nitrogens with two attached hydrogens (primary N) is 1. The summed E-state index contributed by atoms with van der Waals surface area (Å²) in [4.78, 5) is 15.2. The molecule has 0 radical (unpaired) electrons. The van der Waals surface area contributed by atoms with E-state index in [1.165, 1.54) is 0 Å². The third-order valence-corrected chi connectivity index (χ3v) is 5.74. The van der Waals surface area contributed by atoms with E-state index in [1.54, 1.807) is 4.90 Å². The molecule has 0 bridgehead atoms. The first-order valence-corrected chi connectivity index (χ1v) is 8.65. The van der Waals surface area contributed by atoms with Gasteiger partial charge in [0.05, 0.1) is 22.5 Å². The van der Waals surface area contributed by atoms with Crippen molar-refractivity contribution in [2.24, 2.45) is 11.1 Å². The Labute approximate surface area is 133 Å².